The Morgan fingerprint density at radius 3 is 2.86 bits per heavy atom. The zero-order valence-electron chi connectivity index (χ0n) is 7.61. The fourth-order valence-corrected chi connectivity index (χ4v) is 2.23. The third-order valence-electron chi connectivity index (χ3n) is 2.14. The van der Waals surface area contributed by atoms with E-state index in [9.17, 15) is 0 Å². The third kappa shape index (κ3) is 2.44. The summed E-state index contributed by atoms with van der Waals surface area (Å²) in [6.45, 7) is 1.46. The number of terminal acetylenes is 1. The molecule has 14 heavy (non-hydrogen) atoms. The smallest absolute Gasteiger partial charge is 0.207 e. The molecule has 1 aromatic heterocycles. The average Bonchev–Trinajstić information content (AvgIpc) is 2.91. The topological polar surface area (TPSA) is 29.0 Å². The summed E-state index contributed by atoms with van der Waals surface area (Å²) in [5, 5.41) is 8.68. The molecule has 0 aromatic carbocycles. The molecule has 0 N–H and O–H groups in total. The van der Waals surface area contributed by atoms with Gasteiger partial charge >= 0.3 is 0 Å². The number of hydrogen-bond acceptors (Lipinski definition) is 4. The van der Waals surface area contributed by atoms with Crippen LogP contribution in [0.25, 0.3) is 0 Å². The van der Waals surface area contributed by atoms with Crippen LogP contribution in [-0.2, 0) is 6.54 Å². The first-order valence-corrected chi connectivity index (χ1v) is 5.64. The van der Waals surface area contributed by atoms with Crippen LogP contribution in [0.1, 0.15) is 17.8 Å². The summed E-state index contributed by atoms with van der Waals surface area (Å²) in [6.07, 6.45) is 7.79. The largest absolute Gasteiger partial charge is 0.283 e. The summed E-state index contributed by atoms with van der Waals surface area (Å²) < 4.78 is 0.497. The highest BCUT2D eigenvalue weighted by Gasteiger charge is 2.28. The van der Waals surface area contributed by atoms with Gasteiger partial charge in [0.1, 0.15) is 5.01 Å². The van der Waals surface area contributed by atoms with E-state index in [0.717, 1.165) is 11.6 Å². The lowest BCUT2D eigenvalue weighted by atomic mass is 10.4. The number of aromatic nitrogens is 2. The second kappa shape index (κ2) is 4.26. The first-order valence-electron chi connectivity index (χ1n) is 4.45. The van der Waals surface area contributed by atoms with Crippen LogP contribution >= 0.6 is 22.9 Å². The van der Waals surface area contributed by atoms with Crippen LogP contribution < -0.4 is 0 Å². The van der Waals surface area contributed by atoms with Crippen LogP contribution in [0.2, 0.25) is 4.47 Å². The second-order valence-electron chi connectivity index (χ2n) is 3.29. The van der Waals surface area contributed by atoms with Crippen LogP contribution in [0.4, 0.5) is 0 Å². The highest BCUT2D eigenvalue weighted by molar-refractivity contribution is 7.15. The minimum Gasteiger partial charge on any atom is -0.283 e. The van der Waals surface area contributed by atoms with E-state index in [1.165, 1.54) is 24.2 Å². The lowest BCUT2D eigenvalue weighted by Gasteiger charge is -2.16. The minimum absolute atomic E-state index is 0.497. The lowest BCUT2D eigenvalue weighted by molar-refractivity contribution is 0.287. The fraction of sp³-hybridized carbons (Fsp3) is 0.556. The van der Waals surface area contributed by atoms with Gasteiger partial charge in [-0.05, 0) is 24.4 Å². The first-order chi connectivity index (χ1) is 6.79. The molecule has 1 heterocycles. The Balaban J connectivity index is 1.96. The molecule has 3 nitrogen and oxygen atoms in total. The van der Waals surface area contributed by atoms with Crippen molar-refractivity contribution in [2.45, 2.75) is 25.4 Å². The van der Waals surface area contributed by atoms with Crippen LogP contribution in [0.5, 0.6) is 0 Å². The molecule has 0 unspecified atom stereocenters. The molecule has 5 heteroatoms. The minimum atomic E-state index is 0.497. The maximum absolute atomic E-state index is 5.70. The Labute approximate surface area is 92.1 Å². The monoisotopic (exact) mass is 227 g/mol. The number of rotatable bonds is 4. The van der Waals surface area contributed by atoms with Crippen molar-refractivity contribution in [2.24, 2.45) is 0 Å². The van der Waals surface area contributed by atoms with E-state index < -0.39 is 0 Å². The van der Waals surface area contributed by atoms with Crippen molar-refractivity contribution >= 4 is 22.9 Å². The van der Waals surface area contributed by atoms with Gasteiger partial charge in [-0.1, -0.05) is 17.3 Å². The van der Waals surface area contributed by atoms with Gasteiger partial charge in [-0.3, -0.25) is 4.90 Å². The van der Waals surface area contributed by atoms with E-state index >= 15 is 0 Å². The Morgan fingerprint density at radius 1 is 1.57 bits per heavy atom. The maximum atomic E-state index is 5.70. The average molecular weight is 228 g/mol. The van der Waals surface area contributed by atoms with Crippen LogP contribution in [-0.4, -0.2) is 27.7 Å². The molecule has 1 aromatic rings. The van der Waals surface area contributed by atoms with Gasteiger partial charge in [0.15, 0.2) is 0 Å². The molecule has 0 spiro atoms. The normalized spacial score (nSPS) is 15.8. The predicted octanol–water partition coefficient (Wildman–Crippen LogP) is 1.79. The number of halogens is 1. The van der Waals surface area contributed by atoms with Gasteiger partial charge in [-0.2, -0.15) is 0 Å². The van der Waals surface area contributed by atoms with Crippen molar-refractivity contribution in [3.8, 4) is 12.3 Å². The van der Waals surface area contributed by atoms with Crippen molar-refractivity contribution in [1.29, 1.82) is 0 Å². The first kappa shape index (κ1) is 9.91. The summed E-state index contributed by atoms with van der Waals surface area (Å²) in [6, 6.07) is 0.647. The summed E-state index contributed by atoms with van der Waals surface area (Å²) in [4.78, 5) is 2.25. The molecule has 2 rings (SSSR count). The summed E-state index contributed by atoms with van der Waals surface area (Å²) in [5.74, 6) is 2.67. The quantitative estimate of drug-likeness (QED) is 0.735. The van der Waals surface area contributed by atoms with E-state index in [2.05, 4.69) is 21.0 Å². The van der Waals surface area contributed by atoms with Crippen molar-refractivity contribution in [3.63, 3.8) is 0 Å². The van der Waals surface area contributed by atoms with Crippen molar-refractivity contribution in [3.05, 3.63) is 9.47 Å². The van der Waals surface area contributed by atoms with Gasteiger partial charge in [-0.15, -0.1) is 16.6 Å². The highest BCUT2D eigenvalue weighted by Crippen LogP contribution is 2.28. The Morgan fingerprint density at radius 2 is 2.36 bits per heavy atom. The van der Waals surface area contributed by atoms with Gasteiger partial charge in [0.2, 0.25) is 4.47 Å². The van der Waals surface area contributed by atoms with Crippen molar-refractivity contribution < 1.29 is 0 Å². The molecule has 1 aliphatic rings. The van der Waals surface area contributed by atoms with Gasteiger partial charge in [-0.25, -0.2) is 0 Å². The molecule has 1 aliphatic carbocycles. The standard InChI is InChI=1S/C9H10ClN3S/c1-2-5-13(7-3-4-7)6-8-11-12-9(10)14-8/h1,7H,3-6H2. The van der Waals surface area contributed by atoms with E-state index in [1.54, 1.807) is 0 Å². The fourth-order valence-electron chi connectivity index (χ4n) is 1.34. The zero-order valence-corrected chi connectivity index (χ0v) is 9.18. The second-order valence-corrected chi connectivity index (χ2v) is 4.93. The molecule has 0 bridgehead atoms. The highest BCUT2D eigenvalue weighted by atomic mass is 35.5. The van der Waals surface area contributed by atoms with E-state index in [4.69, 9.17) is 18.0 Å². The van der Waals surface area contributed by atoms with Crippen molar-refractivity contribution in [1.82, 2.24) is 15.1 Å². The van der Waals surface area contributed by atoms with Gasteiger partial charge in [0, 0.05) is 6.04 Å². The van der Waals surface area contributed by atoms with Crippen LogP contribution in [0.3, 0.4) is 0 Å². The predicted molar refractivity (Wildman–Crippen MR) is 57.2 cm³/mol. The Kier molecular flexibility index (Phi) is 3.02. The SMILES string of the molecule is C#CCN(Cc1nnc(Cl)s1)C1CC1. The molecular formula is C9H10ClN3S. The molecule has 1 saturated carbocycles. The molecule has 0 aliphatic heterocycles. The van der Waals surface area contributed by atoms with E-state index in [-0.39, 0.29) is 0 Å². The molecule has 74 valence electrons. The van der Waals surface area contributed by atoms with Gasteiger partial charge < -0.3 is 0 Å². The molecular weight excluding hydrogens is 218 g/mol. The van der Waals surface area contributed by atoms with Crippen LogP contribution in [0.15, 0.2) is 0 Å². The molecule has 0 atom stereocenters. The Hall–Kier alpha value is -0.630. The van der Waals surface area contributed by atoms with Crippen LogP contribution in [0, 0.1) is 12.3 Å². The molecule has 1 fully saturated rings. The molecule has 0 radical (unpaired) electrons. The number of nitrogens with zero attached hydrogens (tertiary/aromatic N) is 3. The van der Waals surface area contributed by atoms with Gasteiger partial charge in [0.25, 0.3) is 0 Å². The summed E-state index contributed by atoms with van der Waals surface area (Å²) in [5.41, 5.74) is 0. The van der Waals surface area contributed by atoms with Gasteiger partial charge in [0.05, 0.1) is 13.1 Å². The number of hydrogen-bond donors (Lipinski definition) is 0. The van der Waals surface area contributed by atoms with E-state index in [1.807, 2.05) is 0 Å². The Bertz CT molecular complexity index is 353. The lowest BCUT2D eigenvalue weighted by Crippen LogP contribution is -2.25. The van der Waals surface area contributed by atoms with Crippen molar-refractivity contribution in [2.75, 3.05) is 6.54 Å². The third-order valence-corrected chi connectivity index (χ3v) is 3.14. The summed E-state index contributed by atoms with van der Waals surface area (Å²) in [7, 11) is 0. The maximum Gasteiger partial charge on any atom is 0.207 e. The molecule has 0 saturated heterocycles. The van der Waals surface area contributed by atoms with E-state index in [0.29, 0.717) is 17.1 Å². The molecule has 0 amide bonds. The summed E-state index contributed by atoms with van der Waals surface area (Å²) >= 11 is 7.12. The zero-order chi connectivity index (χ0) is 9.97.